The van der Waals surface area contributed by atoms with Gasteiger partial charge in [0.1, 0.15) is 0 Å². The Balaban J connectivity index is 0.000000720. The zero-order valence-corrected chi connectivity index (χ0v) is 8.61. The van der Waals surface area contributed by atoms with Crippen molar-refractivity contribution in [2.45, 2.75) is 12.5 Å². The highest BCUT2D eigenvalue weighted by Crippen LogP contribution is 2.27. The standard InChI is InChI=1S/C8H10N2O.2ClH/c9-7-3-5-11-8-6(7)2-1-4-10-8;;/h1-2,4,7H,3,5,9H2;2*1H. The lowest BCUT2D eigenvalue weighted by Gasteiger charge is -2.20. The van der Waals surface area contributed by atoms with Gasteiger partial charge in [-0.15, -0.1) is 24.8 Å². The summed E-state index contributed by atoms with van der Waals surface area (Å²) in [4.78, 5) is 4.07. The van der Waals surface area contributed by atoms with Crippen LogP contribution in [0.1, 0.15) is 18.0 Å². The highest BCUT2D eigenvalue weighted by atomic mass is 35.5. The van der Waals surface area contributed by atoms with Gasteiger partial charge in [-0.05, 0) is 6.07 Å². The largest absolute Gasteiger partial charge is 0.477 e. The molecule has 0 fully saturated rings. The molecule has 74 valence electrons. The van der Waals surface area contributed by atoms with E-state index in [1.165, 1.54) is 0 Å². The first kappa shape index (κ1) is 12.5. The van der Waals surface area contributed by atoms with Gasteiger partial charge in [0.05, 0.1) is 6.61 Å². The molecule has 0 amide bonds. The topological polar surface area (TPSA) is 48.1 Å². The van der Waals surface area contributed by atoms with Gasteiger partial charge in [-0.1, -0.05) is 6.07 Å². The fourth-order valence-electron chi connectivity index (χ4n) is 1.24. The summed E-state index contributed by atoms with van der Waals surface area (Å²) in [6, 6.07) is 3.95. The molecular weight excluding hydrogens is 211 g/mol. The van der Waals surface area contributed by atoms with E-state index in [1.54, 1.807) is 6.20 Å². The minimum absolute atomic E-state index is 0. The van der Waals surface area contributed by atoms with E-state index in [9.17, 15) is 0 Å². The minimum Gasteiger partial charge on any atom is -0.477 e. The SMILES string of the molecule is Cl.Cl.NC1CCOc2ncccc21. The van der Waals surface area contributed by atoms with Gasteiger partial charge < -0.3 is 10.5 Å². The molecule has 3 nitrogen and oxygen atoms in total. The maximum atomic E-state index is 5.83. The van der Waals surface area contributed by atoms with Crippen LogP contribution in [0, 0.1) is 0 Å². The number of hydrogen-bond acceptors (Lipinski definition) is 3. The van der Waals surface area contributed by atoms with Crippen molar-refractivity contribution >= 4 is 24.8 Å². The molecule has 2 heterocycles. The summed E-state index contributed by atoms with van der Waals surface area (Å²) in [6.45, 7) is 0.686. The highest BCUT2D eigenvalue weighted by molar-refractivity contribution is 5.85. The summed E-state index contributed by atoms with van der Waals surface area (Å²) in [5, 5.41) is 0. The van der Waals surface area contributed by atoms with E-state index in [-0.39, 0.29) is 30.9 Å². The van der Waals surface area contributed by atoms with Crippen molar-refractivity contribution in [2.75, 3.05) is 6.61 Å². The Hall–Kier alpha value is -0.510. The van der Waals surface area contributed by atoms with Crippen LogP contribution in [-0.4, -0.2) is 11.6 Å². The molecule has 0 aliphatic carbocycles. The third-order valence-corrected chi connectivity index (χ3v) is 1.87. The number of nitrogens with zero attached hydrogens (tertiary/aromatic N) is 1. The van der Waals surface area contributed by atoms with Crippen LogP contribution in [0.3, 0.4) is 0 Å². The van der Waals surface area contributed by atoms with Crippen LogP contribution in [0.4, 0.5) is 0 Å². The van der Waals surface area contributed by atoms with E-state index < -0.39 is 0 Å². The Morgan fingerprint density at radius 2 is 2.23 bits per heavy atom. The number of rotatable bonds is 0. The maximum absolute atomic E-state index is 5.83. The summed E-state index contributed by atoms with van der Waals surface area (Å²) in [5.74, 6) is 0.700. The van der Waals surface area contributed by atoms with E-state index in [1.807, 2.05) is 12.1 Å². The Morgan fingerprint density at radius 3 is 2.92 bits per heavy atom. The van der Waals surface area contributed by atoms with Crippen LogP contribution >= 0.6 is 24.8 Å². The Labute approximate surface area is 89.5 Å². The van der Waals surface area contributed by atoms with Crippen LogP contribution in [0.5, 0.6) is 5.88 Å². The van der Waals surface area contributed by atoms with Crippen molar-refractivity contribution in [1.29, 1.82) is 0 Å². The Morgan fingerprint density at radius 1 is 1.46 bits per heavy atom. The quantitative estimate of drug-likeness (QED) is 0.728. The summed E-state index contributed by atoms with van der Waals surface area (Å²) in [6.07, 6.45) is 2.61. The molecule has 1 aliphatic heterocycles. The average molecular weight is 223 g/mol. The Kier molecular flexibility index (Phi) is 5.06. The van der Waals surface area contributed by atoms with E-state index in [0.717, 1.165) is 12.0 Å². The van der Waals surface area contributed by atoms with Crippen molar-refractivity contribution in [3.8, 4) is 5.88 Å². The lowest BCUT2D eigenvalue weighted by atomic mass is 10.1. The molecule has 2 N–H and O–H groups in total. The first-order chi connectivity index (χ1) is 5.38. The molecule has 0 radical (unpaired) electrons. The van der Waals surface area contributed by atoms with Crippen molar-refractivity contribution < 1.29 is 4.74 Å². The van der Waals surface area contributed by atoms with Gasteiger partial charge in [0.2, 0.25) is 5.88 Å². The number of pyridine rings is 1. The normalized spacial score (nSPS) is 18.7. The van der Waals surface area contributed by atoms with E-state index in [4.69, 9.17) is 10.5 Å². The lowest BCUT2D eigenvalue weighted by Crippen LogP contribution is -2.20. The van der Waals surface area contributed by atoms with Gasteiger partial charge in [-0.3, -0.25) is 0 Å². The van der Waals surface area contributed by atoms with Gasteiger partial charge in [-0.2, -0.15) is 0 Å². The van der Waals surface area contributed by atoms with Gasteiger partial charge in [0.25, 0.3) is 0 Å². The van der Waals surface area contributed by atoms with Crippen molar-refractivity contribution in [3.63, 3.8) is 0 Å². The molecule has 1 aromatic rings. The molecule has 0 bridgehead atoms. The molecule has 1 aromatic heterocycles. The summed E-state index contributed by atoms with van der Waals surface area (Å²) < 4.78 is 5.30. The van der Waals surface area contributed by atoms with Crippen LogP contribution < -0.4 is 10.5 Å². The van der Waals surface area contributed by atoms with Crippen LogP contribution in [0.25, 0.3) is 0 Å². The molecule has 0 aromatic carbocycles. The monoisotopic (exact) mass is 222 g/mol. The highest BCUT2D eigenvalue weighted by Gasteiger charge is 2.17. The number of fused-ring (bicyclic) bond motifs is 1. The van der Waals surface area contributed by atoms with E-state index >= 15 is 0 Å². The molecule has 5 heteroatoms. The number of nitrogens with two attached hydrogens (primary N) is 1. The van der Waals surface area contributed by atoms with Gasteiger partial charge in [0, 0.05) is 24.2 Å². The first-order valence-corrected chi connectivity index (χ1v) is 3.71. The first-order valence-electron chi connectivity index (χ1n) is 3.71. The third-order valence-electron chi connectivity index (χ3n) is 1.87. The fourth-order valence-corrected chi connectivity index (χ4v) is 1.24. The molecule has 1 atom stereocenters. The average Bonchev–Trinajstić information content (AvgIpc) is 2.06. The second kappa shape index (κ2) is 5.27. The third kappa shape index (κ3) is 2.46. The van der Waals surface area contributed by atoms with Gasteiger partial charge >= 0.3 is 0 Å². The van der Waals surface area contributed by atoms with Gasteiger partial charge in [0.15, 0.2) is 0 Å². The van der Waals surface area contributed by atoms with Crippen molar-refractivity contribution in [3.05, 3.63) is 23.9 Å². The zero-order valence-electron chi connectivity index (χ0n) is 6.97. The molecule has 1 aliphatic rings. The smallest absolute Gasteiger partial charge is 0.218 e. The second-order valence-electron chi connectivity index (χ2n) is 2.64. The van der Waals surface area contributed by atoms with Crippen LogP contribution in [-0.2, 0) is 0 Å². The molecular formula is C8H12Cl2N2O. The zero-order chi connectivity index (χ0) is 7.68. The lowest BCUT2D eigenvalue weighted by molar-refractivity contribution is 0.257. The van der Waals surface area contributed by atoms with Crippen LogP contribution in [0.2, 0.25) is 0 Å². The predicted octanol–water partition coefficient (Wildman–Crippen LogP) is 1.71. The number of hydrogen-bond donors (Lipinski definition) is 1. The number of aromatic nitrogens is 1. The summed E-state index contributed by atoms with van der Waals surface area (Å²) in [5.41, 5.74) is 6.85. The van der Waals surface area contributed by atoms with Crippen LogP contribution in [0.15, 0.2) is 18.3 Å². The molecule has 2 rings (SSSR count). The molecule has 1 unspecified atom stereocenters. The van der Waals surface area contributed by atoms with E-state index in [0.29, 0.717) is 12.5 Å². The predicted molar refractivity (Wildman–Crippen MR) is 55.8 cm³/mol. The summed E-state index contributed by atoms with van der Waals surface area (Å²) in [7, 11) is 0. The molecule has 0 spiro atoms. The number of halogens is 2. The molecule has 0 saturated heterocycles. The maximum Gasteiger partial charge on any atom is 0.218 e. The number of ether oxygens (including phenoxy) is 1. The Bertz CT molecular complexity index is 270. The van der Waals surface area contributed by atoms with E-state index in [2.05, 4.69) is 4.98 Å². The minimum atomic E-state index is 0. The molecule has 0 saturated carbocycles. The van der Waals surface area contributed by atoms with Crippen molar-refractivity contribution in [2.24, 2.45) is 5.73 Å². The summed E-state index contributed by atoms with van der Waals surface area (Å²) >= 11 is 0. The fraction of sp³-hybridized carbons (Fsp3) is 0.375. The van der Waals surface area contributed by atoms with Gasteiger partial charge in [-0.25, -0.2) is 4.98 Å². The van der Waals surface area contributed by atoms with Crippen molar-refractivity contribution in [1.82, 2.24) is 4.98 Å². The second-order valence-corrected chi connectivity index (χ2v) is 2.64. The molecule has 13 heavy (non-hydrogen) atoms.